The first kappa shape index (κ1) is 11.1. The molecule has 92 valence electrons. The van der Waals surface area contributed by atoms with Gasteiger partial charge in [0.2, 0.25) is 0 Å². The molecule has 2 aliphatic rings. The van der Waals surface area contributed by atoms with E-state index in [1.807, 2.05) is 0 Å². The number of fused-ring (bicyclic) bond motifs is 1. The summed E-state index contributed by atoms with van der Waals surface area (Å²) in [5, 5.41) is 3.84. The first-order valence-corrected chi connectivity index (χ1v) is 6.82. The Morgan fingerprint density at radius 3 is 2.88 bits per heavy atom. The summed E-state index contributed by atoms with van der Waals surface area (Å²) in [6.45, 7) is 3.21. The summed E-state index contributed by atoms with van der Waals surface area (Å²) in [4.78, 5) is 0. The lowest BCUT2D eigenvalue weighted by atomic mass is 9.97. The molecule has 2 heteroatoms. The summed E-state index contributed by atoms with van der Waals surface area (Å²) >= 11 is 0. The predicted octanol–water partition coefficient (Wildman–Crippen LogP) is 3.29. The van der Waals surface area contributed by atoms with E-state index in [0.717, 1.165) is 24.7 Å². The van der Waals surface area contributed by atoms with E-state index in [4.69, 9.17) is 4.74 Å². The Bertz CT molecular complexity index is 390. The Balaban J connectivity index is 1.76. The van der Waals surface area contributed by atoms with Crippen molar-refractivity contribution >= 4 is 0 Å². The summed E-state index contributed by atoms with van der Waals surface area (Å²) in [6.07, 6.45) is 5.19. The van der Waals surface area contributed by atoms with Crippen LogP contribution in [0.2, 0.25) is 0 Å². The molecule has 1 aromatic rings. The van der Waals surface area contributed by atoms with Crippen LogP contribution in [0.3, 0.4) is 0 Å². The Hall–Kier alpha value is -1.02. The molecule has 1 fully saturated rings. The van der Waals surface area contributed by atoms with Crippen LogP contribution in [0.5, 0.6) is 5.75 Å². The number of benzene rings is 1. The molecule has 3 atom stereocenters. The average Bonchev–Trinajstić information content (AvgIpc) is 2.76. The molecule has 1 heterocycles. The standard InChI is InChI=1S/C15H21NO/c1-11-5-4-7-13(11)16-14-9-10-17-15-8-3-2-6-12(14)15/h2-3,6,8,11,13-14,16H,4-5,7,9-10H2,1H3. The maximum Gasteiger partial charge on any atom is 0.124 e. The van der Waals surface area contributed by atoms with Gasteiger partial charge in [-0.2, -0.15) is 0 Å². The number of hydrogen-bond acceptors (Lipinski definition) is 2. The molecule has 0 radical (unpaired) electrons. The van der Waals surface area contributed by atoms with Crippen LogP contribution in [0.1, 0.15) is 44.2 Å². The van der Waals surface area contributed by atoms with Crippen molar-refractivity contribution in [1.29, 1.82) is 0 Å². The highest BCUT2D eigenvalue weighted by Gasteiger charge is 2.28. The predicted molar refractivity (Wildman–Crippen MR) is 69.2 cm³/mol. The first-order valence-electron chi connectivity index (χ1n) is 6.82. The van der Waals surface area contributed by atoms with Crippen molar-refractivity contribution in [2.45, 2.75) is 44.7 Å². The van der Waals surface area contributed by atoms with Gasteiger partial charge in [-0.1, -0.05) is 31.5 Å². The zero-order valence-electron chi connectivity index (χ0n) is 10.5. The third kappa shape index (κ3) is 2.19. The quantitative estimate of drug-likeness (QED) is 0.843. The molecule has 1 aliphatic heterocycles. The first-order chi connectivity index (χ1) is 8.34. The minimum atomic E-state index is 0.491. The minimum absolute atomic E-state index is 0.491. The Morgan fingerprint density at radius 2 is 2.06 bits per heavy atom. The largest absolute Gasteiger partial charge is 0.493 e. The fourth-order valence-corrected chi connectivity index (χ4v) is 3.17. The van der Waals surface area contributed by atoms with Gasteiger partial charge in [0.1, 0.15) is 5.75 Å². The van der Waals surface area contributed by atoms with Gasteiger partial charge < -0.3 is 10.1 Å². The van der Waals surface area contributed by atoms with Crippen LogP contribution < -0.4 is 10.1 Å². The molecule has 1 aliphatic carbocycles. The molecular weight excluding hydrogens is 210 g/mol. The van der Waals surface area contributed by atoms with Gasteiger partial charge in [-0.15, -0.1) is 0 Å². The second-order valence-electron chi connectivity index (χ2n) is 5.41. The third-order valence-electron chi connectivity index (χ3n) is 4.24. The molecular formula is C15H21NO. The van der Waals surface area contributed by atoms with Crippen LogP contribution in [0.4, 0.5) is 0 Å². The van der Waals surface area contributed by atoms with Crippen molar-refractivity contribution < 1.29 is 4.74 Å². The molecule has 1 aromatic carbocycles. The second-order valence-corrected chi connectivity index (χ2v) is 5.41. The maximum absolute atomic E-state index is 5.70. The summed E-state index contributed by atoms with van der Waals surface area (Å²) in [7, 11) is 0. The summed E-state index contributed by atoms with van der Waals surface area (Å²) in [5.41, 5.74) is 1.35. The molecule has 3 unspecified atom stereocenters. The van der Waals surface area contributed by atoms with E-state index in [-0.39, 0.29) is 0 Å². The zero-order chi connectivity index (χ0) is 11.7. The smallest absolute Gasteiger partial charge is 0.124 e. The fraction of sp³-hybridized carbons (Fsp3) is 0.600. The topological polar surface area (TPSA) is 21.3 Å². The Morgan fingerprint density at radius 1 is 1.18 bits per heavy atom. The van der Waals surface area contributed by atoms with E-state index in [1.54, 1.807) is 0 Å². The highest BCUT2D eigenvalue weighted by molar-refractivity contribution is 5.37. The van der Waals surface area contributed by atoms with Crippen LogP contribution >= 0.6 is 0 Å². The third-order valence-corrected chi connectivity index (χ3v) is 4.24. The molecule has 17 heavy (non-hydrogen) atoms. The van der Waals surface area contributed by atoms with Gasteiger partial charge in [0.25, 0.3) is 0 Å². The van der Waals surface area contributed by atoms with Crippen LogP contribution in [0, 0.1) is 5.92 Å². The normalized spacial score (nSPS) is 31.9. The van der Waals surface area contributed by atoms with E-state index >= 15 is 0 Å². The van der Waals surface area contributed by atoms with Crippen molar-refractivity contribution in [2.24, 2.45) is 5.92 Å². The van der Waals surface area contributed by atoms with E-state index in [9.17, 15) is 0 Å². The SMILES string of the molecule is CC1CCCC1NC1CCOc2ccccc21. The number of rotatable bonds is 2. The minimum Gasteiger partial charge on any atom is -0.493 e. The van der Waals surface area contributed by atoms with Crippen molar-refractivity contribution in [3.05, 3.63) is 29.8 Å². The fourth-order valence-electron chi connectivity index (χ4n) is 3.17. The molecule has 1 N–H and O–H groups in total. The van der Waals surface area contributed by atoms with Crippen molar-refractivity contribution in [1.82, 2.24) is 5.32 Å². The van der Waals surface area contributed by atoms with Gasteiger partial charge in [-0.3, -0.25) is 0 Å². The lowest BCUT2D eigenvalue weighted by molar-refractivity contribution is 0.237. The number of hydrogen-bond donors (Lipinski definition) is 1. The van der Waals surface area contributed by atoms with Crippen LogP contribution in [0.15, 0.2) is 24.3 Å². The van der Waals surface area contributed by atoms with Gasteiger partial charge >= 0.3 is 0 Å². The second kappa shape index (κ2) is 4.69. The monoisotopic (exact) mass is 231 g/mol. The highest BCUT2D eigenvalue weighted by atomic mass is 16.5. The van der Waals surface area contributed by atoms with Gasteiger partial charge in [0.05, 0.1) is 6.61 Å². The molecule has 1 saturated carbocycles. The Kier molecular flexibility index (Phi) is 3.06. The molecule has 0 amide bonds. The Labute approximate surface area is 103 Å². The van der Waals surface area contributed by atoms with Gasteiger partial charge in [0, 0.05) is 24.1 Å². The highest BCUT2D eigenvalue weighted by Crippen LogP contribution is 2.34. The maximum atomic E-state index is 5.70. The van der Waals surface area contributed by atoms with Gasteiger partial charge in [-0.25, -0.2) is 0 Å². The molecule has 0 aromatic heterocycles. The van der Waals surface area contributed by atoms with E-state index in [1.165, 1.54) is 24.8 Å². The summed E-state index contributed by atoms with van der Waals surface area (Å²) in [6, 6.07) is 9.64. The summed E-state index contributed by atoms with van der Waals surface area (Å²) < 4.78 is 5.70. The van der Waals surface area contributed by atoms with Crippen molar-refractivity contribution in [3.63, 3.8) is 0 Å². The summed E-state index contributed by atoms with van der Waals surface area (Å²) in [5.74, 6) is 1.90. The lowest BCUT2D eigenvalue weighted by Gasteiger charge is -2.30. The zero-order valence-corrected chi connectivity index (χ0v) is 10.5. The number of para-hydroxylation sites is 1. The van der Waals surface area contributed by atoms with E-state index in [0.29, 0.717) is 12.1 Å². The van der Waals surface area contributed by atoms with Crippen molar-refractivity contribution in [3.8, 4) is 5.75 Å². The van der Waals surface area contributed by atoms with Crippen molar-refractivity contribution in [2.75, 3.05) is 6.61 Å². The number of nitrogens with one attached hydrogen (secondary N) is 1. The molecule has 3 rings (SSSR count). The molecule has 0 bridgehead atoms. The van der Waals surface area contributed by atoms with Gasteiger partial charge in [0.15, 0.2) is 0 Å². The van der Waals surface area contributed by atoms with E-state index in [2.05, 4.69) is 36.5 Å². The van der Waals surface area contributed by atoms with Gasteiger partial charge in [-0.05, 0) is 24.8 Å². The van der Waals surface area contributed by atoms with Crippen LogP contribution in [0.25, 0.3) is 0 Å². The van der Waals surface area contributed by atoms with Crippen LogP contribution in [-0.2, 0) is 0 Å². The lowest BCUT2D eigenvalue weighted by Crippen LogP contribution is -2.36. The molecule has 2 nitrogen and oxygen atoms in total. The van der Waals surface area contributed by atoms with Crippen LogP contribution in [-0.4, -0.2) is 12.6 Å². The molecule has 0 saturated heterocycles. The number of ether oxygens (including phenoxy) is 1. The average molecular weight is 231 g/mol. The van der Waals surface area contributed by atoms with E-state index < -0.39 is 0 Å². The molecule has 0 spiro atoms.